The number of hydrogen-bond acceptors (Lipinski definition) is 3. The molecule has 114 valence electrons. The van der Waals surface area contributed by atoms with E-state index in [1.165, 1.54) is 6.21 Å². The van der Waals surface area contributed by atoms with Gasteiger partial charge in [0.25, 0.3) is 5.91 Å². The van der Waals surface area contributed by atoms with Gasteiger partial charge in [0.15, 0.2) is 6.61 Å². The Balaban J connectivity index is 1.86. The number of rotatable bonds is 5. The monoisotopic (exact) mass is 336 g/mol. The molecule has 2 aromatic rings. The van der Waals surface area contributed by atoms with Crippen molar-refractivity contribution < 1.29 is 9.53 Å². The van der Waals surface area contributed by atoms with Crippen molar-refractivity contribution in [1.29, 1.82) is 0 Å². The predicted octanol–water partition coefficient (Wildman–Crippen LogP) is 3.83. The summed E-state index contributed by atoms with van der Waals surface area (Å²) in [5.41, 5.74) is 3.97. The van der Waals surface area contributed by atoms with Crippen LogP contribution in [0.15, 0.2) is 47.6 Å². The number of halogens is 2. The fourth-order valence-corrected chi connectivity index (χ4v) is 2.18. The summed E-state index contributed by atoms with van der Waals surface area (Å²) in [6, 6.07) is 12.6. The van der Waals surface area contributed by atoms with Crippen LogP contribution in [0.2, 0.25) is 10.0 Å². The van der Waals surface area contributed by atoms with Gasteiger partial charge in [-0.2, -0.15) is 5.10 Å². The smallest absolute Gasteiger partial charge is 0.277 e. The zero-order chi connectivity index (χ0) is 15.9. The molecule has 0 aliphatic carbocycles. The largest absolute Gasteiger partial charge is 0.484 e. The number of ether oxygens (including phenoxy) is 1. The quantitative estimate of drug-likeness (QED) is 0.666. The summed E-state index contributed by atoms with van der Waals surface area (Å²) in [6.45, 7) is 1.82. The number of carbonyl (C=O) groups is 1. The topological polar surface area (TPSA) is 50.7 Å². The van der Waals surface area contributed by atoms with Crippen molar-refractivity contribution in [2.24, 2.45) is 5.10 Å². The van der Waals surface area contributed by atoms with Crippen molar-refractivity contribution in [3.63, 3.8) is 0 Å². The Labute approximate surface area is 138 Å². The van der Waals surface area contributed by atoms with Crippen LogP contribution in [0.25, 0.3) is 0 Å². The molecule has 0 saturated heterocycles. The summed E-state index contributed by atoms with van der Waals surface area (Å²) in [6.07, 6.45) is 1.40. The molecule has 1 amide bonds. The highest BCUT2D eigenvalue weighted by molar-refractivity contribution is 6.38. The van der Waals surface area contributed by atoms with Crippen LogP contribution in [0.3, 0.4) is 0 Å². The lowest BCUT2D eigenvalue weighted by molar-refractivity contribution is -0.123. The van der Waals surface area contributed by atoms with Gasteiger partial charge in [0.2, 0.25) is 0 Å². The Morgan fingerprint density at radius 2 is 1.91 bits per heavy atom. The summed E-state index contributed by atoms with van der Waals surface area (Å²) in [5.74, 6) is 0.259. The first-order valence-corrected chi connectivity index (χ1v) is 7.27. The number of aryl methyl sites for hydroxylation is 1. The van der Waals surface area contributed by atoms with Gasteiger partial charge in [-0.15, -0.1) is 0 Å². The van der Waals surface area contributed by atoms with Crippen LogP contribution in [0, 0.1) is 6.92 Å². The van der Waals surface area contributed by atoms with Crippen LogP contribution in [0.4, 0.5) is 0 Å². The average Bonchev–Trinajstić information content (AvgIpc) is 2.48. The van der Waals surface area contributed by atoms with Crippen LogP contribution in [-0.2, 0) is 4.79 Å². The molecule has 4 nitrogen and oxygen atoms in total. The molecule has 0 unspecified atom stereocenters. The average molecular weight is 337 g/mol. The van der Waals surface area contributed by atoms with Crippen LogP contribution >= 0.6 is 23.2 Å². The summed E-state index contributed by atoms with van der Waals surface area (Å²) in [4.78, 5) is 11.6. The molecule has 6 heteroatoms. The van der Waals surface area contributed by atoms with E-state index in [-0.39, 0.29) is 12.5 Å². The first-order chi connectivity index (χ1) is 10.6. The Morgan fingerprint density at radius 1 is 1.23 bits per heavy atom. The molecular weight excluding hydrogens is 323 g/mol. The van der Waals surface area contributed by atoms with Gasteiger partial charge in [-0.05, 0) is 36.8 Å². The molecule has 0 bridgehead atoms. The highest BCUT2D eigenvalue weighted by Gasteiger charge is 2.04. The van der Waals surface area contributed by atoms with Crippen LogP contribution in [0.1, 0.15) is 11.1 Å². The second-order valence-corrected chi connectivity index (χ2v) is 5.35. The van der Waals surface area contributed by atoms with Crippen molar-refractivity contribution >= 4 is 35.3 Å². The number of nitrogens with one attached hydrogen (secondary N) is 1. The van der Waals surface area contributed by atoms with Gasteiger partial charge in [-0.3, -0.25) is 4.79 Å². The van der Waals surface area contributed by atoms with Gasteiger partial charge in [0.05, 0.1) is 16.3 Å². The molecule has 0 saturated carbocycles. The lowest BCUT2D eigenvalue weighted by Crippen LogP contribution is -2.24. The van der Waals surface area contributed by atoms with Crippen molar-refractivity contribution in [1.82, 2.24) is 5.43 Å². The molecule has 22 heavy (non-hydrogen) atoms. The molecule has 0 spiro atoms. The minimum Gasteiger partial charge on any atom is -0.484 e. The van der Waals surface area contributed by atoms with Crippen LogP contribution in [-0.4, -0.2) is 18.7 Å². The molecule has 2 aromatic carbocycles. The minimum absolute atomic E-state index is 0.128. The van der Waals surface area contributed by atoms with Crippen molar-refractivity contribution in [3.05, 3.63) is 63.6 Å². The minimum atomic E-state index is -0.374. The molecular formula is C16H14Cl2N2O2. The third-order valence-corrected chi connectivity index (χ3v) is 3.40. The number of amides is 1. The number of benzene rings is 2. The number of hydrazone groups is 1. The van der Waals surface area contributed by atoms with Crippen molar-refractivity contribution in [2.75, 3.05) is 6.61 Å². The first-order valence-electron chi connectivity index (χ1n) is 6.51. The second-order valence-electron chi connectivity index (χ2n) is 4.53. The lowest BCUT2D eigenvalue weighted by atomic mass is 10.2. The highest BCUT2D eigenvalue weighted by Crippen LogP contribution is 2.21. The fraction of sp³-hybridized carbons (Fsp3) is 0.125. The Morgan fingerprint density at radius 3 is 2.59 bits per heavy atom. The summed E-state index contributed by atoms with van der Waals surface area (Å²) < 4.78 is 5.36. The highest BCUT2D eigenvalue weighted by atomic mass is 35.5. The van der Waals surface area contributed by atoms with E-state index in [0.29, 0.717) is 21.4 Å². The van der Waals surface area contributed by atoms with E-state index >= 15 is 0 Å². The molecule has 0 aliphatic rings. The van der Waals surface area contributed by atoms with E-state index < -0.39 is 0 Å². The zero-order valence-electron chi connectivity index (χ0n) is 11.8. The Hall–Kier alpha value is -2.04. The van der Waals surface area contributed by atoms with Crippen LogP contribution in [0.5, 0.6) is 5.75 Å². The van der Waals surface area contributed by atoms with Crippen LogP contribution < -0.4 is 10.2 Å². The molecule has 0 radical (unpaired) electrons. The third kappa shape index (κ3) is 4.76. The standard InChI is InChI=1S/C16H14Cl2N2O2/c1-11-4-2-5-12(8-11)22-10-16(21)20-19-9-13-14(17)6-3-7-15(13)18/h2-9H,10H2,1H3,(H,20,21)/b19-9-. The van der Waals surface area contributed by atoms with Gasteiger partial charge < -0.3 is 4.74 Å². The second kappa shape index (κ2) is 7.82. The predicted molar refractivity (Wildman–Crippen MR) is 88.9 cm³/mol. The maximum atomic E-state index is 11.6. The maximum Gasteiger partial charge on any atom is 0.277 e. The van der Waals surface area contributed by atoms with Crippen molar-refractivity contribution in [2.45, 2.75) is 6.92 Å². The summed E-state index contributed by atoms with van der Waals surface area (Å²) in [7, 11) is 0. The molecule has 2 rings (SSSR count). The van der Waals surface area contributed by atoms with E-state index in [4.69, 9.17) is 27.9 Å². The molecule has 1 N–H and O–H groups in total. The summed E-state index contributed by atoms with van der Waals surface area (Å²) in [5, 5.41) is 4.74. The number of carbonyl (C=O) groups excluding carboxylic acids is 1. The number of nitrogens with zero attached hydrogens (tertiary/aromatic N) is 1. The van der Waals surface area contributed by atoms with Gasteiger partial charge >= 0.3 is 0 Å². The Bertz CT molecular complexity index is 682. The molecule has 0 aliphatic heterocycles. The summed E-state index contributed by atoms with van der Waals surface area (Å²) >= 11 is 12.0. The lowest BCUT2D eigenvalue weighted by Gasteiger charge is -2.05. The maximum absolute atomic E-state index is 11.6. The van der Waals surface area contributed by atoms with Gasteiger partial charge in [0.1, 0.15) is 5.75 Å². The first kappa shape index (κ1) is 16.3. The van der Waals surface area contributed by atoms with Gasteiger partial charge in [0, 0.05) is 5.56 Å². The molecule has 0 atom stereocenters. The van der Waals surface area contributed by atoms with E-state index in [1.807, 2.05) is 25.1 Å². The SMILES string of the molecule is Cc1cccc(OCC(=O)N/N=C\c2c(Cl)cccc2Cl)c1. The van der Waals surface area contributed by atoms with Gasteiger partial charge in [-0.1, -0.05) is 41.4 Å². The third-order valence-electron chi connectivity index (χ3n) is 2.74. The van der Waals surface area contributed by atoms with E-state index in [2.05, 4.69) is 10.5 Å². The zero-order valence-corrected chi connectivity index (χ0v) is 13.4. The molecule has 0 aromatic heterocycles. The van der Waals surface area contributed by atoms with E-state index in [9.17, 15) is 4.79 Å². The van der Waals surface area contributed by atoms with Gasteiger partial charge in [-0.25, -0.2) is 5.43 Å². The fourth-order valence-electron chi connectivity index (χ4n) is 1.69. The molecule has 0 fully saturated rings. The normalized spacial score (nSPS) is 10.7. The van der Waals surface area contributed by atoms with Crippen molar-refractivity contribution in [3.8, 4) is 5.75 Å². The van der Waals surface area contributed by atoms with E-state index in [0.717, 1.165) is 5.56 Å². The van der Waals surface area contributed by atoms with E-state index in [1.54, 1.807) is 24.3 Å². The molecule has 0 heterocycles. The number of hydrogen-bond donors (Lipinski definition) is 1. The Kier molecular flexibility index (Phi) is 5.81.